The molecule has 0 aliphatic carbocycles. The first-order chi connectivity index (χ1) is 15.7. The summed E-state index contributed by atoms with van der Waals surface area (Å²) in [6.45, 7) is 3.73. The number of carbonyl (C=O) groups is 1. The van der Waals surface area contributed by atoms with Gasteiger partial charge >= 0.3 is 0 Å². The monoisotopic (exact) mass is 488 g/mol. The Labute approximate surface area is 199 Å². The molecule has 3 aromatic carbocycles. The van der Waals surface area contributed by atoms with Crippen molar-refractivity contribution >= 4 is 21.8 Å². The highest BCUT2D eigenvalue weighted by Gasteiger charge is 2.41. The van der Waals surface area contributed by atoms with Crippen molar-refractivity contribution in [3.05, 3.63) is 106 Å². The predicted molar refractivity (Wildman–Crippen MR) is 133 cm³/mol. The van der Waals surface area contributed by atoms with Gasteiger partial charge in [-0.1, -0.05) is 72.8 Å². The number of carbonyl (C=O) groups excluding carboxylic acids is 1. The molecule has 1 amide bonds. The number of benzene rings is 3. The van der Waals surface area contributed by atoms with Crippen molar-refractivity contribution in [1.29, 1.82) is 0 Å². The van der Waals surface area contributed by atoms with Crippen molar-refractivity contribution in [1.82, 2.24) is 9.80 Å². The van der Waals surface area contributed by atoms with E-state index < -0.39 is 0 Å². The van der Waals surface area contributed by atoms with E-state index in [1.807, 2.05) is 24.3 Å². The number of rotatable bonds is 4. The number of amides is 1. The second kappa shape index (κ2) is 9.60. The molecule has 2 saturated heterocycles. The molecule has 2 heterocycles. The van der Waals surface area contributed by atoms with Gasteiger partial charge in [0.05, 0.1) is 5.56 Å². The van der Waals surface area contributed by atoms with Gasteiger partial charge < -0.3 is 4.90 Å². The third-order valence-corrected chi connectivity index (χ3v) is 7.87. The topological polar surface area (TPSA) is 23.6 Å². The molecule has 0 unspecified atom stereocenters. The van der Waals surface area contributed by atoms with E-state index in [9.17, 15) is 4.79 Å². The summed E-state index contributed by atoms with van der Waals surface area (Å²) in [4.78, 5) is 18.1. The van der Waals surface area contributed by atoms with Crippen molar-refractivity contribution in [3.8, 4) is 0 Å². The van der Waals surface area contributed by atoms with E-state index in [4.69, 9.17) is 0 Å². The lowest BCUT2D eigenvalue weighted by Gasteiger charge is -2.38. The smallest absolute Gasteiger partial charge is 0.255 e. The van der Waals surface area contributed by atoms with Crippen LogP contribution in [-0.2, 0) is 0 Å². The SMILES string of the molecule is O=C(c1ccccc1Br)N1C[C@H](c2ccccc2)[C@@H](N2CCC(c3ccccc3)CC2)C1. The number of nitrogens with zero attached hydrogens (tertiary/aromatic N) is 2. The van der Waals surface area contributed by atoms with Gasteiger partial charge in [-0.2, -0.15) is 0 Å². The van der Waals surface area contributed by atoms with Gasteiger partial charge in [-0.3, -0.25) is 9.69 Å². The zero-order valence-corrected chi connectivity index (χ0v) is 19.8. The summed E-state index contributed by atoms with van der Waals surface area (Å²) in [7, 11) is 0. The Kier molecular flexibility index (Phi) is 6.42. The third-order valence-electron chi connectivity index (χ3n) is 7.18. The standard InChI is InChI=1S/C28H29BrN2O/c29-26-14-8-7-13-24(26)28(32)31-19-25(23-11-5-2-6-12-23)27(20-31)30-17-15-22(16-18-30)21-9-3-1-4-10-21/h1-14,22,25,27H,15-20H2/t25-,27+/m1/s1. The third kappa shape index (κ3) is 4.39. The van der Waals surface area contributed by atoms with Gasteiger partial charge in [-0.25, -0.2) is 0 Å². The molecular weight excluding hydrogens is 460 g/mol. The van der Waals surface area contributed by atoms with Crippen LogP contribution in [0.5, 0.6) is 0 Å². The van der Waals surface area contributed by atoms with Crippen molar-refractivity contribution in [2.75, 3.05) is 26.2 Å². The molecule has 0 spiro atoms. The zero-order chi connectivity index (χ0) is 21.9. The van der Waals surface area contributed by atoms with Crippen molar-refractivity contribution < 1.29 is 4.79 Å². The van der Waals surface area contributed by atoms with Crippen LogP contribution in [0.3, 0.4) is 0 Å². The van der Waals surface area contributed by atoms with Crippen LogP contribution in [-0.4, -0.2) is 47.9 Å². The normalized spacial score (nSPS) is 22.2. The second-order valence-corrected chi connectivity index (χ2v) is 9.85. The van der Waals surface area contributed by atoms with Crippen LogP contribution in [0.2, 0.25) is 0 Å². The highest BCUT2D eigenvalue weighted by molar-refractivity contribution is 9.10. The lowest BCUT2D eigenvalue weighted by Crippen LogP contribution is -2.45. The van der Waals surface area contributed by atoms with E-state index in [0.29, 0.717) is 17.9 Å². The summed E-state index contributed by atoms with van der Waals surface area (Å²) in [6.07, 6.45) is 2.36. The van der Waals surface area contributed by atoms with E-state index in [1.54, 1.807) is 0 Å². The Morgan fingerprint density at radius 2 is 1.34 bits per heavy atom. The average molecular weight is 489 g/mol. The molecule has 32 heavy (non-hydrogen) atoms. The van der Waals surface area contributed by atoms with Crippen molar-refractivity contribution in [2.45, 2.75) is 30.7 Å². The summed E-state index contributed by atoms with van der Waals surface area (Å²) >= 11 is 3.57. The molecule has 0 aromatic heterocycles. The van der Waals surface area contributed by atoms with Crippen molar-refractivity contribution in [3.63, 3.8) is 0 Å². The van der Waals surface area contributed by atoms with Crippen LogP contribution >= 0.6 is 15.9 Å². The average Bonchev–Trinajstić information content (AvgIpc) is 3.31. The molecular formula is C28H29BrN2O. The molecule has 3 aromatic rings. The first-order valence-electron chi connectivity index (χ1n) is 11.6. The van der Waals surface area contributed by atoms with Crippen LogP contribution < -0.4 is 0 Å². The van der Waals surface area contributed by atoms with Gasteiger partial charge in [0.1, 0.15) is 0 Å². The molecule has 2 fully saturated rings. The zero-order valence-electron chi connectivity index (χ0n) is 18.2. The van der Waals surface area contributed by atoms with Crippen molar-refractivity contribution in [2.24, 2.45) is 0 Å². The maximum absolute atomic E-state index is 13.4. The number of halogens is 1. The molecule has 0 N–H and O–H groups in total. The largest absolute Gasteiger partial charge is 0.336 e. The van der Waals surface area contributed by atoms with Gasteiger partial charge in [0.2, 0.25) is 0 Å². The first-order valence-corrected chi connectivity index (χ1v) is 12.4. The molecule has 0 saturated carbocycles. The maximum atomic E-state index is 13.4. The summed E-state index contributed by atoms with van der Waals surface area (Å²) in [5.74, 6) is 1.11. The van der Waals surface area contributed by atoms with E-state index in [0.717, 1.165) is 36.2 Å². The van der Waals surface area contributed by atoms with E-state index in [2.05, 4.69) is 86.4 Å². The van der Waals surface area contributed by atoms with Gasteiger partial charge in [0, 0.05) is 29.5 Å². The van der Waals surface area contributed by atoms with Crippen LogP contribution in [0.4, 0.5) is 0 Å². The quantitative estimate of drug-likeness (QED) is 0.453. The number of piperidine rings is 1. The van der Waals surface area contributed by atoms with Gasteiger partial charge in [-0.15, -0.1) is 0 Å². The Balaban J connectivity index is 1.35. The highest BCUT2D eigenvalue weighted by atomic mass is 79.9. The molecule has 164 valence electrons. The maximum Gasteiger partial charge on any atom is 0.255 e. The van der Waals surface area contributed by atoms with Crippen LogP contribution in [0.15, 0.2) is 89.4 Å². The minimum atomic E-state index is 0.125. The number of hydrogen-bond donors (Lipinski definition) is 0. The lowest BCUT2D eigenvalue weighted by atomic mass is 9.87. The fourth-order valence-electron chi connectivity index (χ4n) is 5.44. The molecule has 2 aliphatic rings. The lowest BCUT2D eigenvalue weighted by molar-refractivity contribution is 0.0768. The molecule has 0 bridgehead atoms. The molecule has 4 heteroatoms. The Hall–Kier alpha value is -2.43. The molecule has 5 rings (SSSR count). The molecule has 2 atom stereocenters. The first kappa shape index (κ1) is 21.4. The van der Waals surface area contributed by atoms with Gasteiger partial charge in [0.25, 0.3) is 5.91 Å². The van der Waals surface area contributed by atoms with Crippen LogP contribution in [0, 0.1) is 0 Å². The van der Waals surface area contributed by atoms with Gasteiger partial charge in [0.15, 0.2) is 0 Å². The predicted octanol–water partition coefficient (Wildman–Crippen LogP) is 5.94. The Morgan fingerprint density at radius 1 is 0.750 bits per heavy atom. The van der Waals surface area contributed by atoms with Crippen LogP contribution in [0.1, 0.15) is 46.2 Å². The van der Waals surface area contributed by atoms with Gasteiger partial charge in [-0.05, 0) is 71.0 Å². The summed E-state index contributed by atoms with van der Waals surface area (Å²) in [5, 5.41) is 0. The number of likely N-dealkylation sites (tertiary alicyclic amines) is 2. The van der Waals surface area contributed by atoms with E-state index >= 15 is 0 Å². The summed E-state index contributed by atoms with van der Waals surface area (Å²) < 4.78 is 0.869. The fourth-order valence-corrected chi connectivity index (χ4v) is 5.90. The fraction of sp³-hybridized carbons (Fsp3) is 0.321. The Morgan fingerprint density at radius 3 is 2.00 bits per heavy atom. The number of hydrogen-bond acceptors (Lipinski definition) is 2. The highest BCUT2D eigenvalue weighted by Crippen LogP contribution is 2.36. The van der Waals surface area contributed by atoms with E-state index in [1.165, 1.54) is 24.0 Å². The minimum absolute atomic E-state index is 0.125. The summed E-state index contributed by atoms with van der Waals surface area (Å²) in [5.41, 5.74) is 3.55. The molecule has 3 nitrogen and oxygen atoms in total. The Bertz CT molecular complexity index is 1050. The molecule has 2 aliphatic heterocycles. The van der Waals surface area contributed by atoms with Crippen LogP contribution in [0.25, 0.3) is 0 Å². The molecule has 0 radical (unpaired) electrons. The summed E-state index contributed by atoms with van der Waals surface area (Å²) in [6, 6.07) is 29.8. The second-order valence-electron chi connectivity index (χ2n) is 9.00. The minimum Gasteiger partial charge on any atom is -0.336 e. The van der Waals surface area contributed by atoms with E-state index in [-0.39, 0.29) is 5.91 Å².